The Morgan fingerprint density at radius 1 is 1.16 bits per heavy atom. The van der Waals surface area contributed by atoms with Crippen LogP contribution in [-0.2, 0) is 0 Å². The molecule has 0 radical (unpaired) electrons. The Morgan fingerprint density at radius 3 is 2.37 bits per heavy atom. The van der Waals surface area contributed by atoms with Crippen molar-refractivity contribution in [1.29, 1.82) is 0 Å². The van der Waals surface area contributed by atoms with Crippen LogP contribution in [-0.4, -0.2) is 16.6 Å². The monoisotopic (exact) mass is 272 g/mol. The van der Waals surface area contributed by atoms with Crippen LogP contribution in [0.5, 0.6) is 5.75 Å². The summed E-state index contributed by atoms with van der Waals surface area (Å²) in [6.45, 7) is 2.86. The third-order valence-electron chi connectivity index (χ3n) is 2.92. The molecule has 98 valence electrons. The van der Waals surface area contributed by atoms with Crippen LogP contribution in [0.3, 0.4) is 0 Å². The van der Waals surface area contributed by atoms with E-state index in [-0.39, 0.29) is 5.75 Å². The number of benzene rings is 2. The van der Waals surface area contributed by atoms with Crippen LogP contribution >= 0.6 is 12.2 Å². The molecule has 0 aliphatic heterocycles. The van der Waals surface area contributed by atoms with E-state index in [1.54, 1.807) is 12.1 Å². The van der Waals surface area contributed by atoms with Gasteiger partial charge in [-0.2, -0.15) is 0 Å². The average molecular weight is 272 g/mol. The minimum absolute atomic E-state index is 0.260. The van der Waals surface area contributed by atoms with E-state index in [9.17, 15) is 5.11 Å². The van der Waals surface area contributed by atoms with E-state index in [2.05, 4.69) is 11.8 Å². The molecule has 0 fully saturated rings. The zero-order valence-electron chi connectivity index (χ0n) is 10.7. The summed E-state index contributed by atoms with van der Waals surface area (Å²) in [5.74, 6) is 0.260. The first-order valence-electron chi connectivity index (χ1n) is 6.08. The van der Waals surface area contributed by atoms with E-state index >= 15 is 0 Å². The van der Waals surface area contributed by atoms with Crippen molar-refractivity contribution in [3.8, 4) is 5.75 Å². The third kappa shape index (κ3) is 3.03. The van der Waals surface area contributed by atoms with Gasteiger partial charge in [-0.3, -0.25) is 0 Å². The van der Waals surface area contributed by atoms with E-state index in [0.717, 1.165) is 23.5 Å². The van der Waals surface area contributed by atoms with Crippen molar-refractivity contribution in [1.82, 2.24) is 0 Å². The number of hydrogen-bond donors (Lipinski definition) is 2. The summed E-state index contributed by atoms with van der Waals surface area (Å²) in [5, 5.41) is 9.56. The smallest absolute Gasteiger partial charge is 0.117 e. The Labute approximate surface area is 118 Å². The molecule has 0 amide bonds. The molecule has 3 N–H and O–H groups in total. The standard InChI is InChI=1S/C15H16N2OS/c1-2-17(13-4-3-5-14(18)10-13)12-8-6-11(7-9-12)15(16)19/h3-10,18H,2H2,1H3,(H2,16,19). The summed E-state index contributed by atoms with van der Waals surface area (Å²) < 4.78 is 0. The highest BCUT2D eigenvalue weighted by atomic mass is 32.1. The molecule has 0 saturated heterocycles. The molecule has 0 atom stereocenters. The molecule has 0 heterocycles. The second-order valence-electron chi connectivity index (χ2n) is 4.18. The number of phenolic OH excluding ortho intramolecular Hbond substituents is 1. The van der Waals surface area contributed by atoms with E-state index in [1.165, 1.54) is 0 Å². The fourth-order valence-electron chi connectivity index (χ4n) is 1.98. The lowest BCUT2D eigenvalue weighted by Crippen LogP contribution is -2.16. The van der Waals surface area contributed by atoms with Gasteiger partial charge in [0, 0.05) is 29.5 Å². The molecule has 0 unspecified atom stereocenters. The molecule has 19 heavy (non-hydrogen) atoms. The Hall–Kier alpha value is -2.07. The van der Waals surface area contributed by atoms with Gasteiger partial charge in [-0.25, -0.2) is 0 Å². The Morgan fingerprint density at radius 2 is 1.84 bits per heavy atom. The van der Waals surface area contributed by atoms with Crippen molar-refractivity contribution in [2.75, 3.05) is 11.4 Å². The van der Waals surface area contributed by atoms with Gasteiger partial charge in [0.2, 0.25) is 0 Å². The van der Waals surface area contributed by atoms with Crippen molar-refractivity contribution in [3.05, 3.63) is 54.1 Å². The molecule has 3 nitrogen and oxygen atoms in total. The van der Waals surface area contributed by atoms with Crippen molar-refractivity contribution in [3.63, 3.8) is 0 Å². The summed E-state index contributed by atoms with van der Waals surface area (Å²) in [6, 6.07) is 15.0. The quantitative estimate of drug-likeness (QED) is 0.839. The largest absolute Gasteiger partial charge is 0.508 e. The SMILES string of the molecule is CCN(c1ccc(C(N)=S)cc1)c1cccc(O)c1. The summed E-state index contributed by atoms with van der Waals surface area (Å²) in [5.41, 5.74) is 8.43. The Kier molecular flexibility index (Phi) is 4.02. The second kappa shape index (κ2) is 5.71. The van der Waals surface area contributed by atoms with Crippen LogP contribution < -0.4 is 10.6 Å². The lowest BCUT2D eigenvalue weighted by atomic mass is 10.1. The van der Waals surface area contributed by atoms with Gasteiger partial charge in [-0.05, 0) is 43.3 Å². The summed E-state index contributed by atoms with van der Waals surface area (Å²) in [7, 11) is 0. The number of thiocarbonyl (C=S) groups is 1. The topological polar surface area (TPSA) is 49.5 Å². The summed E-state index contributed by atoms with van der Waals surface area (Å²) in [6.07, 6.45) is 0. The lowest BCUT2D eigenvalue weighted by molar-refractivity contribution is 0.475. The molecule has 2 aromatic carbocycles. The van der Waals surface area contributed by atoms with Gasteiger partial charge in [0.1, 0.15) is 10.7 Å². The maximum atomic E-state index is 9.56. The summed E-state index contributed by atoms with van der Waals surface area (Å²) in [4.78, 5) is 2.50. The van der Waals surface area contributed by atoms with Gasteiger partial charge in [0.05, 0.1) is 0 Å². The first-order chi connectivity index (χ1) is 9.11. The molecule has 0 aliphatic rings. The molecule has 0 saturated carbocycles. The van der Waals surface area contributed by atoms with Gasteiger partial charge in [0.15, 0.2) is 0 Å². The molecule has 4 heteroatoms. The normalized spacial score (nSPS) is 10.2. The summed E-state index contributed by atoms with van der Waals surface area (Å²) >= 11 is 4.94. The van der Waals surface area contributed by atoms with Crippen LogP contribution in [0.4, 0.5) is 11.4 Å². The van der Waals surface area contributed by atoms with Gasteiger partial charge in [0.25, 0.3) is 0 Å². The van der Waals surface area contributed by atoms with Crippen molar-refractivity contribution in [2.45, 2.75) is 6.92 Å². The molecule has 0 aromatic heterocycles. The highest BCUT2D eigenvalue weighted by Crippen LogP contribution is 2.27. The molecule has 0 aliphatic carbocycles. The zero-order valence-corrected chi connectivity index (χ0v) is 11.5. The van der Waals surface area contributed by atoms with E-state index in [1.807, 2.05) is 36.4 Å². The minimum Gasteiger partial charge on any atom is -0.508 e. The number of anilines is 2. The molecule has 0 spiro atoms. The minimum atomic E-state index is 0.260. The number of nitrogens with two attached hydrogens (primary N) is 1. The van der Waals surface area contributed by atoms with Crippen molar-refractivity contribution >= 4 is 28.6 Å². The number of rotatable bonds is 4. The average Bonchev–Trinajstić information content (AvgIpc) is 2.40. The first kappa shape index (κ1) is 13.4. The van der Waals surface area contributed by atoms with Crippen molar-refractivity contribution < 1.29 is 5.11 Å². The predicted molar refractivity (Wildman–Crippen MR) is 83.1 cm³/mol. The highest BCUT2D eigenvalue weighted by molar-refractivity contribution is 7.80. The van der Waals surface area contributed by atoms with Crippen molar-refractivity contribution in [2.24, 2.45) is 5.73 Å². The van der Waals surface area contributed by atoms with Gasteiger partial charge in [-0.1, -0.05) is 18.3 Å². The number of nitrogens with zero attached hydrogens (tertiary/aromatic N) is 1. The predicted octanol–water partition coefficient (Wildman–Crippen LogP) is 3.18. The maximum absolute atomic E-state index is 9.56. The Bertz CT molecular complexity index is 581. The number of phenols is 1. The van der Waals surface area contributed by atoms with E-state index in [0.29, 0.717) is 4.99 Å². The van der Waals surface area contributed by atoms with Gasteiger partial charge < -0.3 is 15.7 Å². The van der Waals surface area contributed by atoms with E-state index in [4.69, 9.17) is 18.0 Å². The number of hydrogen-bond acceptors (Lipinski definition) is 3. The van der Waals surface area contributed by atoms with Gasteiger partial charge >= 0.3 is 0 Å². The third-order valence-corrected chi connectivity index (χ3v) is 3.16. The fraction of sp³-hybridized carbons (Fsp3) is 0.133. The number of aromatic hydroxyl groups is 1. The Balaban J connectivity index is 2.34. The van der Waals surface area contributed by atoms with Crippen LogP contribution in [0.15, 0.2) is 48.5 Å². The van der Waals surface area contributed by atoms with Crippen LogP contribution in [0, 0.1) is 0 Å². The van der Waals surface area contributed by atoms with Crippen LogP contribution in [0.1, 0.15) is 12.5 Å². The van der Waals surface area contributed by atoms with E-state index < -0.39 is 0 Å². The maximum Gasteiger partial charge on any atom is 0.117 e. The second-order valence-corrected chi connectivity index (χ2v) is 4.62. The molecular weight excluding hydrogens is 256 g/mol. The van der Waals surface area contributed by atoms with Crippen LogP contribution in [0.2, 0.25) is 0 Å². The molecular formula is C15H16N2OS. The zero-order chi connectivity index (χ0) is 13.8. The lowest BCUT2D eigenvalue weighted by Gasteiger charge is -2.23. The molecule has 0 bridgehead atoms. The highest BCUT2D eigenvalue weighted by Gasteiger charge is 2.08. The van der Waals surface area contributed by atoms with Crippen LogP contribution in [0.25, 0.3) is 0 Å². The molecule has 2 rings (SSSR count). The van der Waals surface area contributed by atoms with Gasteiger partial charge in [-0.15, -0.1) is 0 Å². The molecule has 2 aromatic rings. The fourth-order valence-corrected chi connectivity index (χ4v) is 2.12. The first-order valence-corrected chi connectivity index (χ1v) is 6.49.